The fraction of sp³-hybridized carbons (Fsp3) is 0.462. The summed E-state index contributed by atoms with van der Waals surface area (Å²) in [5.74, 6) is -0.0956. The lowest BCUT2D eigenvalue weighted by molar-refractivity contribution is -0.182. The number of likely N-dealkylation sites (tertiary alicyclic amines) is 1. The first kappa shape index (κ1) is 13.1. The highest BCUT2D eigenvalue weighted by molar-refractivity contribution is 5.95. The Hall–Kier alpha value is -1.92. The molecule has 1 atom stereocenters. The van der Waals surface area contributed by atoms with Gasteiger partial charge in [0.25, 0.3) is 12.1 Å². The van der Waals surface area contributed by atoms with Crippen LogP contribution in [-0.2, 0) is 0 Å². The van der Waals surface area contributed by atoms with Crippen molar-refractivity contribution >= 4 is 11.6 Å². The van der Waals surface area contributed by atoms with E-state index >= 15 is 0 Å². The summed E-state index contributed by atoms with van der Waals surface area (Å²) in [7, 11) is 0. The van der Waals surface area contributed by atoms with E-state index in [1.807, 2.05) is 0 Å². The number of benzene rings is 1. The largest absolute Gasteiger partial charge is 0.459 e. The molecule has 1 saturated heterocycles. The van der Waals surface area contributed by atoms with E-state index in [2.05, 4.69) is 5.32 Å². The van der Waals surface area contributed by atoms with Gasteiger partial charge in [-0.1, -0.05) is 0 Å². The molecular weight excluding hydrogens is 273 g/mol. The zero-order chi connectivity index (χ0) is 14.3. The normalized spacial score (nSPS) is 21.4. The number of hydrogen-bond donors (Lipinski definition) is 1. The maximum absolute atomic E-state index is 12.6. The van der Waals surface area contributed by atoms with Crippen LogP contribution in [0.2, 0.25) is 0 Å². The van der Waals surface area contributed by atoms with Gasteiger partial charge in [0, 0.05) is 18.7 Å². The average Bonchev–Trinajstić information content (AvgIpc) is 3.05. The van der Waals surface area contributed by atoms with E-state index in [1.165, 1.54) is 18.2 Å². The van der Waals surface area contributed by atoms with Gasteiger partial charge in [-0.3, -0.25) is 4.79 Å². The third-order valence-corrected chi connectivity index (χ3v) is 3.45. The van der Waals surface area contributed by atoms with Crippen LogP contribution in [0.1, 0.15) is 23.2 Å². The van der Waals surface area contributed by atoms with Gasteiger partial charge in [-0.2, -0.15) is 13.2 Å². The molecule has 1 aromatic carbocycles. The summed E-state index contributed by atoms with van der Waals surface area (Å²) in [6.45, 7) is 1.39. The number of rotatable bonds is 1. The number of anilines is 1. The lowest BCUT2D eigenvalue weighted by Crippen LogP contribution is -2.37. The van der Waals surface area contributed by atoms with Crippen molar-refractivity contribution in [2.45, 2.75) is 25.2 Å². The molecule has 0 aromatic heterocycles. The summed E-state index contributed by atoms with van der Waals surface area (Å²) in [6.07, 6.45) is -4.61. The fourth-order valence-electron chi connectivity index (χ4n) is 2.42. The van der Waals surface area contributed by atoms with Gasteiger partial charge in [0.15, 0.2) is 0 Å². The van der Waals surface area contributed by atoms with Crippen molar-refractivity contribution in [3.63, 3.8) is 0 Å². The SMILES string of the molecule is O=C(c1ccc2c(c1)OC(C(F)(F)F)N2)N1CCCC1. The molecule has 1 amide bonds. The molecular formula is C13H13F3N2O2. The van der Waals surface area contributed by atoms with Crippen LogP contribution in [0.5, 0.6) is 5.75 Å². The minimum Gasteiger partial charge on any atom is -0.459 e. The monoisotopic (exact) mass is 286 g/mol. The van der Waals surface area contributed by atoms with Gasteiger partial charge in [0.2, 0.25) is 0 Å². The molecule has 3 rings (SSSR count). The van der Waals surface area contributed by atoms with Gasteiger partial charge in [-0.05, 0) is 31.0 Å². The first-order chi connectivity index (χ1) is 9.45. The van der Waals surface area contributed by atoms with Crippen molar-refractivity contribution in [1.82, 2.24) is 4.90 Å². The summed E-state index contributed by atoms with van der Waals surface area (Å²) in [6, 6.07) is 4.34. The molecule has 2 aliphatic rings. The van der Waals surface area contributed by atoms with Crippen LogP contribution in [0.25, 0.3) is 0 Å². The lowest BCUT2D eigenvalue weighted by atomic mass is 10.1. The first-order valence-corrected chi connectivity index (χ1v) is 6.38. The number of amides is 1. The zero-order valence-corrected chi connectivity index (χ0v) is 10.5. The predicted molar refractivity (Wildman–Crippen MR) is 65.7 cm³/mol. The Morgan fingerprint density at radius 3 is 2.65 bits per heavy atom. The van der Waals surface area contributed by atoms with Crippen LogP contribution < -0.4 is 10.1 Å². The Balaban J connectivity index is 1.80. The number of carbonyl (C=O) groups excluding carboxylic acids is 1. The molecule has 1 unspecified atom stereocenters. The van der Waals surface area contributed by atoms with Crippen LogP contribution in [0.4, 0.5) is 18.9 Å². The maximum Gasteiger partial charge on any atom is 0.445 e. The van der Waals surface area contributed by atoms with E-state index in [0.717, 1.165) is 12.8 Å². The molecule has 20 heavy (non-hydrogen) atoms. The number of alkyl halides is 3. The minimum atomic E-state index is -4.49. The van der Waals surface area contributed by atoms with Crippen LogP contribution in [-0.4, -0.2) is 36.3 Å². The van der Waals surface area contributed by atoms with E-state index in [0.29, 0.717) is 18.7 Å². The molecule has 0 aliphatic carbocycles. The van der Waals surface area contributed by atoms with Gasteiger partial charge < -0.3 is 15.0 Å². The zero-order valence-electron chi connectivity index (χ0n) is 10.5. The molecule has 7 heteroatoms. The quantitative estimate of drug-likeness (QED) is 0.863. The van der Waals surface area contributed by atoms with E-state index < -0.39 is 12.4 Å². The van der Waals surface area contributed by atoms with Crippen molar-refractivity contribution in [3.05, 3.63) is 23.8 Å². The molecule has 2 heterocycles. The molecule has 0 spiro atoms. The number of carbonyl (C=O) groups is 1. The Morgan fingerprint density at radius 1 is 1.30 bits per heavy atom. The van der Waals surface area contributed by atoms with E-state index in [9.17, 15) is 18.0 Å². The smallest absolute Gasteiger partial charge is 0.445 e. The summed E-state index contributed by atoms with van der Waals surface area (Å²) >= 11 is 0. The van der Waals surface area contributed by atoms with Crippen LogP contribution >= 0.6 is 0 Å². The summed E-state index contributed by atoms with van der Waals surface area (Å²) < 4.78 is 42.5. The van der Waals surface area contributed by atoms with Crippen molar-refractivity contribution in [2.24, 2.45) is 0 Å². The van der Waals surface area contributed by atoms with Gasteiger partial charge in [0.05, 0.1) is 5.69 Å². The second-order valence-electron chi connectivity index (χ2n) is 4.89. The van der Waals surface area contributed by atoms with Gasteiger partial charge >= 0.3 is 6.18 Å². The van der Waals surface area contributed by atoms with Crippen molar-refractivity contribution in [3.8, 4) is 5.75 Å². The number of fused-ring (bicyclic) bond motifs is 1. The summed E-state index contributed by atoms with van der Waals surface area (Å²) in [4.78, 5) is 13.9. The van der Waals surface area contributed by atoms with Crippen molar-refractivity contribution in [1.29, 1.82) is 0 Å². The standard InChI is InChI=1S/C13H13F3N2O2/c14-13(15,16)12-17-9-4-3-8(7-10(9)20-12)11(19)18-5-1-2-6-18/h3-4,7,12,17H,1-2,5-6H2. The predicted octanol–water partition coefficient (Wildman–Crippen LogP) is 2.62. The number of ether oxygens (including phenoxy) is 1. The molecule has 108 valence electrons. The second-order valence-corrected chi connectivity index (χ2v) is 4.89. The number of hydrogen-bond acceptors (Lipinski definition) is 3. The average molecular weight is 286 g/mol. The molecule has 4 nitrogen and oxygen atoms in total. The highest BCUT2D eigenvalue weighted by atomic mass is 19.4. The van der Waals surface area contributed by atoms with Crippen LogP contribution in [0.3, 0.4) is 0 Å². The van der Waals surface area contributed by atoms with E-state index in [4.69, 9.17) is 4.74 Å². The number of nitrogens with one attached hydrogen (secondary N) is 1. The third-order valence-electron chi connectivity index (χ3n) is 3.45. The van der Waals surface area contributed by atoms with E-state index in [-0.39, 0.29) is 17.3 Å². The van der Waals surface area contributed by atoms with Gasteiger partial charge in [-0.15, -0.1) is 0 Å². The molecule has 0 saturated carbocycles. The van der Waals surface area contributed by atoms with Gasteiger partial charge in [-0.25, -0.2) is 0 Å². The lowest BCUT2D eigenvalue weighted by Gasteiger charge is -2.15. The molecule has 1 N–H and O–H groups in total. The van der Waals surface area contributed by atoms with Crippen molar-refractivity contribution in [2.75, 3.05) is 18.4 Å². The Kier molecular flexibility index (Phi) is 2.99. The number of nitrogens with zero attached hydrogens (tertiary/aromatic N) is 1. The van der Waals surface area contributed by atoms with Crippen molar-refractivity contribution < 1.29 is 22.7 Å². The molecule has 0 bridgehead atoms. The Labute approximate surface area is 113 Å². The first-order valence-electron chi connectivity index (χ1n) is 6.38. The fourth-order valence-corrected chi connectivity index (χ4v) is 2.42. The molecule has 1 aromatic rings. The van der Waals surface area contributed by atoms with E-state index in [1.54, 1.807) is 4.90 Å². The minimum absolute atomic E-state index is 0.0670. The number of halogens is 3. The maximum atomic E-state index is 12.6. The molecule has 0 radical (unpaired) electrons. The summed E-state index contributed by atoms with van der Waals surface area (Å²) in [5, 5.41) is 2.24. The van der Waals surface area contributed by atoms with Gasteiger partial charge in [0.1, 0.15) is 5.75 Å². The second kappa shape index (κ2) is 4.57. The molecule has 1 fully saturated rings. The topological polar surface area (TPSA) is 41.6 Å². The highest BCUT2D eigenvalue weighted by Crippen LogP contribution is 2.38. The Morgan fingerprint density at radius 2 is 2.00 bits per heavy atom. The highest BCUT2D eigenvalue weighted by Gasteiger charge is 2.45. The molecule has 2 aliphatic heterocycles. The summed E-state index contributed by atoms with van der Waals surface area (Å²) in [5.41, 5.74) is 0.612. The Bertz CT molecular complexity index is 539. The van der Waals surface area contributed by atoms with Crippen LogP contribution in [0, 0.1) is 0 Å². The van der Waals surface area contributed by atoms with Crippen LogP contribution in [0.15, 0.2) is 18.2 Å². The third kappa shape index (κ3) is 2.28.